The van der Waals surface area contributed by atoms with Gasteiger partial charge in [-0.05, 0) is 6.26 Å². The lowest BCUT2D eigenvalue weighted by molar-refractivity contribution is 0.249. The Bertz CT molecular complexity index is 333. The SMILES string of the molecule is CSc1cc(NCCNC(N)=O)ncn1. The van der Waals surface area contributed by atoms with Gasteiger partial charge in [-0.3, -0.25) is 0 Å². The predicted molar refractivity (Wildman–Crippen MR) is 59.9 cm³/mol. The molecule has 6 nitrogen and oxygen atoms in total. The second kappa shape index (κ2) is 6.07. The van der Waals surface area contributed by atoms with E-state index >= 15 is 0 Å². The minimum absolute atomic E-state index is 0.466. The van der Waals surface area contributed by atoms with Gasteiger partial charge in [-0.2, -0.15) is 0 Å². The van der Waals surface area contributed by atoms with Crippen LogP contribution in [0.15, 0.2) is 17.4 Å². The van der Waals surface area contributed by atoms with E-state index in [-0.39, 0.29) is 0 Å². The number of carbonyl (C=O) groups is 1. The monoisotopic (exact) mass is 227 g/mol. The van der Waals surface area contributed by atoms with Crippen LogP contribution >= 0.6 is 11.8 Å². The van der Waals surface area contributed by atoms with Crippen LogP contribution < -0.4 is 16.4 Å². The Morgan fingerprint density at radius 1 is 1.53 bits per heavy atom. The number of aromatic nitrogens is 2. The van der Waals surface area contributed by atoms with E-state index in [0.717, 1.165) is 10.8 Å². The highest BCUT2D eigenvalue weighted by atomic mass is 32.2. The molecule has 0 atom stereocenters. The summed E-state index contributed by atoms with van der Waals surface area (Å²) in [7, 11) is 0. The molecule has 0 saturated heterocycles. The molecule has 0 bridgehead atoms. The van der Waals surface area contributed by atoms with Gasteiger partial charge in [-0.1, -0.05) is 0 Å². The summed E-state index contributed by atoms with van der Waals surface area (Å²) < 4.78 is 0. The third-order valence-electron chi connectivity index (χ3n) is 1.58. The van der Waals surface area contributed by atoms with Crippen LogP contribution in [0.5, 0.6) is 0 Å². The second-order valence-electron chi connectivity index (χ2n) is 2.66. The highest BCUT2D eigenvalue weighted by Crippen LogP contribution is 2.12. The molecule has 0 aliphatic heterocycles. The number of urea groups is 1. The molecule has 0 aliphatic carbocycles. The van der Waals surface area contributed by atoms with Crippen LogP contribution in [0, 0.1) is 0 Å². The lowest BCUT2D eigenvalue weighted by atomic mass is 10.5. The van der Waals surface area contributed by atoms with E-state index in [1.54, 1.807) is 11.8 Å². The minimum atomic E-state index is -0.524. The number of anilines is 1. The van der Waals surface area contributed by atoms with Gasteiger partial charge in [0.05, 0.1) is 0 Å². The number of nitrogens with two attached hydrogens (primary N) is 1. The van der Waals surface area contributed by atoms with E-state index in [0.29, 0.717) is 13.1 Å². The smallest absolute Gasteiger partial charge is 0.312 e. The van der Waals surface area contributed by atoms with Crippen molar-refractivity contribution in [1.82, 2.24) is 15.3 Å². The zero-order valence-electron chi connectivity index (χ0n) is 8.36. The Kier molecular flexibility index (Phi) is 4.69. The van der Waals surface area contributed by atoms with Crippen molar-refractivity contribution in [2.24, 2.45) is 5.73 Å². The third kappa shape index (κ3) is 4.50. The van der Waals surface area contributed by atoms with E-state index in [9.17, 15) is 4.79 Å². The zero-order valence-corrected chi connectivity index (χ0v) is 9.17. The summed E-state index contributed by atoms with van der Waals surface area (Å²) >= 11 is 1.55. The molecule has 1 rings (SSSR count). The third-order valence-corrected chi connectivity index (χ3v) is 2.22. The van der Waals surface area contributed by atoms with E-state index in [4.69, 9.17) is 5.73 Å². The maximum atomic E-state index is 10.4. The van der Waals surface area contributed by atoms with Crippen molar-refractivity contribution in [2.45, 2.75) is 5.03 Å². The van der Waals surface area contributed by atoms with Gasteiger partial charge in [-0.15, -0.1) is 11.8 Å². The number of nitrogens with one attached hydrogen (secondary N) is 2. The normalized spacial score (nSPS) is 9.67. The van der Waals surface area contributed by atoms with Crippen molar-refractivity contribution in [1.29, 1.82) is 0 Å². The molecule has 15 heavy (non-hydrogen) atoms. The predicted octanol–water partition coefficient (Wildman–Crippen LogP) is 0.279. The van der Waals surface area contributed by atoms with Crippen molar-refractivity contribution in [3.05, 3.63) is 12.4 Å². The van der Waals surface area contributed by atoms with Gasteiger partial charge in [0, 0.05) is 19.2 Å². The van der Waals surface area contributed by atoms with Crippen LogP contribution in [-0.2, 0) is 0 Å². The molecule has 0 radical (unpaired) electrons. The summed E-state index contributed by atoms with van der Waals surface area (Å²) in [6.07, 6.45) is 3.44. The van der Waals surface area contributed by atoms with Crippen molar-refractivity contribution < 1.29 is 4.79 Å². The fourth-order valence-corrected chi connectivity index (χ4v) is 1.31. The second-order valence-corrected chi connectivity index (χ2v) is 3.49. The summed E-state index contributed by atoms with van der Waals surface area (Å²) in [4.78, 5) is 18.4. The number of amides is 2. The quantitative estimate of drug-likeness (QED) is 0.381. The summed E-state index contributed by atoms with van der Waals surface area (Å²) in [5, 5.41) is 6.41. The number of hydrogen-bond acceptors (Lipinski definition) is 5. The zero-order chi connectivity index (χ0) is 11.1. The van der Waals surface area contributed by atoms with Crippen molar-refractivity contribution in [3.8, 4) is 0 Å². The first-order chi connectivity index (χ1) is 7.22. The van der Waals surface area contributed by atoms with Crippen molar-refractivity contribution in [3.63, 3.8) is 0 Å². The fourth-order valence-electron chi connectivity index (χ4n) is 0.924. The first-order valence-electron chi connectivity index (χ1n) is 4.35. The largest absolute Gasteiger partial charge is 0.368 e. The Morgan fingerprint density at radius 3 is 3.00 bits per heavy atom. The van der Waals surface area contributed by atoms with Crippen LogP contribution in [0.1, 0.15) is 0 Å². The molecule has 0 saturated carbocycles. The highest BCUT2D eigenvalue weighted by molar-refractivity contribution is 7.98. The molecule has 0 aliphatic rings. The maximum Gasteiger partial charge on any atom is 0.312 e. The Labute approximate surface area is 92.1 Å². The standard InChI is InChI=1S/C8H13N5OS/c1-15-7-4-6(12-5-13-7)10-2-3-11-8(9)14/h4-5H,2-3H2,1H3,(H3,9,11,14)(H,10,12,13). The lowest BCUT2D eigenvalue weighted by Gasteiger charge is -2.05. The first kappa shape index (κ1) is 11.6. The van der Waals surface area contributed by atoms with Crippen LogP contribution in [0.25, 0.3) is 0 Å². The van der Waals surface area contributed by atoms with Gasteiger partial charge in [0.2, 0.25) is 0 Å². The molecule has 0 aromatic carbocycles. The number of carbonyl (C=O) groups excluding carboxylic acids is 1. The fraction of sp³-hybridized carbons (Fsp3) is 0.375. The van der Waals surface area contributed by atoms with E-state index in [2.05, 4.69) is 20.6 Å². The van der Waals surface area contributed by atoms with Crippen molar-refractivity contribution in [2.75, 3.05) is 24.7 Å². The summed E-state index contributed by atoms with van der Waals surface area (Å²) in [6, 6.07) is 1.32. The molecule has 7 heteroatoms. The molecule has 82 valence electrons. The molecule has 0 spiro atoms. The number of rotatable bonds is 5. The molecule has 1 aromatic rings. The van der Waals surface area contributed by atoms with Gasteiger partial charge in [-0.25, -0.2) is 14.8 Å². The summed E-state index contributed by atoms with van der Waals surface area (Å²) in [6.45, 7) is 1.04. The highest BCUT2D eigenvalue weighted by Gasteiger charge is 1.96. The molecule has 4 N–H and O–H groups in total. The Hall–Kier alpha value is -1.50. The number of hydrogen-bond donors (Lipinski definition) is 3. The minimum Gasteiger partial charge on any atom is -0.368 e. The Morgan fingerprint density at radius 2 is 2.33 bits per heavy atom. The van der Waals surface area contributed by atoms with Gasteiger partial charge in [0.15, 0.2) is 0 Å². The van der Waals surface area contributed by atoms with Gasteiger partial charge < -0.3 is 16.4 Å². The Balaban J connectivity index is 2.33. The topological polar surface area (TPSA) is 92.9 Å². The first-order valence-corrected chi connectivity index (χ1v) is 5.58. The molecular weight excluding hydrogens is 214 g/mol. The summed E-state index contributed by atoms with van der Waals surface area (Å²) in [5.74, 6) is 0.737. The lowest BCUT2D eigenvalue weighted by Crippen LogP contribution is -2.33. The van der Waals surface area contributed by atoms with E-state index in [1.807, 2.05) is 12.3 Å². The number of nitrogens with zero attached hydrogens (tertiary/aromatic N) is 2. The molecular formula is C8H13N5OS. The van der Waals surface area contributed by atoms with Crippen LogP contribution in [0.2, 0.25) is 0 Å². The molecule has 0 unspecified atom stereocenters. The molecule has 2 amide bonds. The number of thioether (sulfide) groups is 1. The van der Waals surface area contributed by atoms with Gasteiger partial charge >= 0.3 is 6.03 Å². The molecule has 0 fully saturated rings. The maximum absolute atomic E-state index is 10.4. The van der Waals surface area contributed by atoms with Crippen molar-refractivity contribution >= 4 is 23.6 Å². The van der Waals surface area contributed by atoms with E-state index in [1.165, 1.54) is 6.33 Å². The van der Waals surface area contributed by atoms with Gasteiger partial charge in [0.1, 0.15) is 17.2 Å². The average Bonchev–Trinajstić information content (AvgIpc) is 2.24. The average molecular weight is 227 g/mol. The summed E-state index contributed by atoms with van der Waals surface area (Å²) in [5.41, 5.74) is 4.91. The van der Waals surface area contributed by atoms with Crippen LogP contribution in [-0.4, -0.2) is 35.3 Å². The van der Waals surface area contributed by atoms with Crippen LogP contribution in [0.3, 0.4) is 0 Å². The molecule has 1 heterocycles. The van der Waals surface area contributed by atoms with Gasteiger partial charge in [0.25, 0.3) is 0 Å². The van der Waals surface area contributed by atoms with E-state index < -0.39 is 6.03 Å². The van der Waals surface area contributed by atoms with Crippen LogP contribution in [0.4, 0.5) is 10.6 Å². The number of primary amides is 1. The molecule has 1 aromatic heterocycles.